The van der Waals surface area contributed by atoms with Crippen LogP contribution in [0.3, 0.4) is 0 Å². The van der Waals surface area contributed by atoms with Gasteiger partial charge in [0.1, 0.15) is 10.9 Å². The zero-order chi connectivity index (χ0) is 13.0. The molecule has 0 bridgehead atoms. The van der Waals surface area contributed by atoms with Crippen molar-refractivity contribution >= 4 is 28.9 Å². The lowest BCUT2D eigenvalue weighted by atomic mass is 10.2. The Morgan fingerprint density at radius 3 is 2.78 bits per heavy atom. The van der Waals surface area contributed by atoms with Crippen LogP contribution in [-0.4, -0.2) is 12.1 Å². The van der Waals surface area contributed by atoms with Crippen LogP contribution in [0.5, 0.6) is 5.75 Å². The Morgan fingerprint density at radius 1 is 1.22 bits per heavy atom. The number of ether oxygens (including phenoxy) is 1. The molecule has 5 heteroatoms. The van der Waals surface area contributed by atoms with Gasteiger partial charge in [0.2, 0.25) is 0 Å². The van der Waals surface area contributed by atoms with Gasteiger partial charge in [-0.3, -0.25) is 0 Å². The summed E-state index contributed by atoms with van der Waals surface area (Å²) >= 11 is 11.8. The molecule has 2 aromatic rings. The molecule has 0 amide bonds. The van der Waals surface area contributed by atoms with Gasteiger partial charge < -0.3 is 10.1 Å². The second-order valence-electron chi connectivity index (χ2n) is 3.68. The van der Waals surface area contributed by atoms with E-state index in [4.69, 9.17) is 27.9 Å². The van der Waals surface area contributed by atoms with Crippen LogP contribution in [-0.2, 0) is 6.54 Å². The average molecular weight is 283 g/mol. The van der Waals surface area contributed by atoms with Gasteiger partial charge in [0.15, 0.2) is 0 Å². The van der Waals surface area contributed by atoms with Crippen molar-refractivity contribution in [2.24, 2.45) is 0 Å². The number of anilines is 1. The SMILES string of the molecule is COc1ccc(Cl)cc1CNc1ccnc(Cl)c1. The van der Waals surface area contributed by atoms with Crippen LogP contribution in [0.4, 0.5) is 5.69 Å². The van der Waals surface area contributed by atoms with E-state index >= 15 is 0 Å². The second kappa shape index (κ2) is 5.94. The Bertz CT molecular complexity index is 546. The minimum atomic E-state index is 0.457. The molecule has 0 atom stereocenters. The molecule has 3 nitrogen and oxygen atoms in total. The molecule has 1 N–H and O–H groups in total. The van der Waals surface area contributed by atoms with E-state index in [2.05, 4.69) is 10.3 Å². The maximum Gasteiger partial charge on any atom is 0.131 e. The Hall–Kier alpha value is -1.45. The van der Waals surface area contributed by atoms with Crippen molar-refractivity contribution in [2.45, 2.75) is 6.54 Å². The van der Waals surface area contributed by atoms with Gasteiger partial charge in [-0.05, 0) is 30.3 Å². The molecule has 0 aliphatic heterocycles. The topological polar surface area (TPSA) is 34.1 Å². The molecule has 0 aliphatic rings. The fourth-order valence-electron chi connectivity index (χ4n) is 1.60. The van der Waals surface area contributed by atoms with Gasteiger partial charge in [0.05, 0.1) is 7.11 Å². The highest BCUT2D eigenvalue weighted by atomic mass is 35.5. The summed E-state index contributed by atoms with van der Waals surface area (Å²) < 4.78 is 5.28. The second-order valence-corrected chi connectivity index (χ2v) is 4.50. The highest BCUT2D eigenvalue weighted by molar-refractivity contribution is 6.30. The monoisotopic (exact) mass is 282 g/mol. The zero-order valence-electron chi connectivity index (χ0n) is 9.78. The van der Waals surface area contributed by atoms with Gasteiger partial charge in [-0.2, -0.15) is 0 Å². The van der Waals surface area contributed by atoms with Gasteiger partial charge in [-0.15, -0.1) is 0 Å². The molecular formula is C13H12Cl2N2O. The van der Waals surface area contributed by atoms with Crippen LogP contribution in [0.25, 0.3) is 0 Å². The van der Waals surface area contributed by atoms with Crippen LogP contribution >= 0.6 is 23.2 Å². The number of methoxy groups -OCH3 is 1. The van der Waals surface area contributed by atoms with E-state index in [0.717, 1.165) is 17.0 Å². The summed E-state index contributed by atoms with van der Waals surface area (Å²) in [4.78, 5) is 3.92. The van der Waals surface area contributed by atoms with E-state index in [1.165, 1.54) is 0 Å². The van der Waals surface area contributed by atoms with Gasteiger partial charge in [-0.1, -0.05) is 23.2 Å². The third-order valence-electron chi connectivity index (χ3n) is 2.45. The van der Waals surface area contributed by atoms with Crippen molar-refractivity contribution in [3.8, 4) is 5.75 Å². The summed E-state index contributed by atoms with van der Waals surface area (Å²) in [5.74, 6) is 0.798. The first-order chi connectivity index (χ1) is 8.69. The number of aromatic nitrogens is 1. The van der Waals surface area contributed by atoms with E-state index in [9.17, 15) is 0 Å². The first-order valence-corrected chi connectivity index (χ1v) is 6.12. The van der Waals surface area contributed by atoms with E-state index < -0.39 is 0 Å². The minimum Gasteiger partial charge on any atom is -0.496 e. The van der Waals surface area contributed by atoms with Gasteiger partial charge >= 0.3 is 0 Å². The molecule has 94 valence electrons. The lowest BCUT2D eigenvalue weighted by Crippen LogP contribution is -2.01. The molecule has 1 aromatic heterocycles. The lowest BCUT2D eigenvalue weighted by Gasteiger charge is -2.11. The van der Waals surface area contributed by atoms with E-state index in [-0.39, 0.29) is 0 Å². The van der Waals surface area contributed by atoms with Crippen LogP contribution in [0.15, 0.2) is 36.5 Å². The third-order valence-corrected chi connectivity index (χ3v) is 2.89. The first kappa shape index (κ1) is 13.0. The maximum atomic E-state index is 5.97. The molecule has 0 spiro atoms. The van der Waals surface area contributed by atoms with Gasteiger partial charge in [0.25, 0.3) is 0 Å². The normalized spacial score (nSPS) is 10.2. The van der Waals surface area contributed by atoms with Crippen molar-refractivity contribution in [1.82, 2.24) is 4.98 Å². The number of pyridine rings is 1. The number of nitrogens with one attached hydrogen (secondary N) is 1. The molecule has 0 radical (unpaired) electrons. The summed E-state index contributed by atoms with van der Waals surface area (Å²) in [6.07, 6.45) is 1.65. The molecule has 18 heavy (non-hydrogen) atoms. The Labute approximate surface area is 116 Å². The fraction of sp³-hybridized carbons (Fsp3) is 0.154. The number of hydrogen-bond acceptors (Lipinski definition) is 3. The Balaban J connectivity index is 2.12. The molecule has 0 unspecified atom stereocenters. The van der Waals surface area contributed by atoms with Crippen molar-refractivity contribution in [1.29, 1.82) is 0 Å². The maximum absolute atomic E-state index is 5.97. The number of benzene rings is 1. The largest absolute Gasteiger partial charge is 0.496 e. The number of rotatable bonds is 4. The van der Waals surface area contributed by atoms with E-state index in [0.29, 0.717) is 16.7 Å². The van der Waals surface area contributed by atoms with E-state index in [1.807, 2.05) is 18.2 Å². The van der Waals surface area contributed by atoms with Gasteiger partial charge in [0, 0.05) is 29.0 Å². The van der Waals surface area contributed by atoms with Crippen LogP contribution in [0, 0.1) is 0 Å². The Morgan fingerprint density at radius 2 is 2.06 bits per heavy atom. The average Bonchev–Trinajstić information content (AvgIpc) is 2.37. The zero-order valence-corrected chi connectivity index (χ0v) is 11.3. The van der Waals surface area contributed by atoms with Crippen molar-refractivity contribution in [2.75, 3.05) is 12.4 Å². The highest BCUT2D eigenvalue weighted by Crippen LogP contribution is 2.23. The molecule has 0 fully saturated rings. The van der Waals surface area contributed by atoms with E-state index in [1.54, 1.807) is 25.4 Å². The number of halogens is 2. The summed E-state index contributed by atoms with van der Waals surface area (Å²) in [5, 5.41) is 4.38. The molecular weight excluding hydrogens is 271 g/mol. The number of hydrogen-bond donors (Lipinski definition) is 1. The van der Waals surface area contributed by atoms with Crippen molar-refractivity contribution in [3.05, 3.63) is 52.3 Å². The minimum absolute atomic E-state index is 0.457. The molecule has 0 saturated heterocycles. The van der Waals surface area contributed by atoms with Crippen molar-refractivity contribution in [3.63, 3.8) is 0 Å². The number of nitrogens with zero attached hydrogens (tertiary/aromatic N) is 1. The van der Waals surface area contributed by atoms with Crippen LogP contribution < -0.4 is 10.1 Å². The lowest BCUT2D eigenvalue weighted by molar-refractivity contribution is 0.410. The first-order valence-electron chi connectivity index (χ1n) is 5.37. The highest BCUT2D eigenvalue weighted by Gasteiger charge is 2.04. The Kier molecular flexibility index (Phi) is 4.28. The summed E-state index contributed by atoms with van der Waals surface area (Å²) in [7, 11) is 1.63. The summed E-state index contributed by atoms with van der Waals surface area (Å²) in [6, 6.07) is 9.13. The molecule has 0 saturated carbocycles. The van der Waals surface area contributed by atoms with Gasteiger partial charge in [-0.25, -0.2) is 4.98 Å². The van der Waals surface area contributed by atoms with Crippen LogP contribution in [0.1, 0.15) is 5.56 Å². The summed E-state index contributed by atoms with van der Waals surface area (Å²) in [5.41, 5.74) is 1.88. The van der Waals surface area contributed by atoms with Crippen LogP contribution in [0.2, 0.25) is 10.2 Å². The quantitative estimate of drug-likeness (QED) is 0.861. The predicted molar refractivity (Wildman–Crippen MR) is 74.6 cm³/mol. The molecule has 0 aliphatic carbocycles. The fourth-order valence-corrected chi connectivity index (χ4v) is 1.96. The molecule has 2 rings (SSSR count). The smallest absolute Gasteiger partial charge is 0.131 e. The molecule has 1 heterocycles. The molecule has 1 aromatic carbocycles. The standard InChI is InChI=1S/C13H12Cl2N2O/c1-18-12-3-2-10(14)6-9(12)8-17-11-4-5-16-13(15)7-11/h2-7H,8H2,1H3,(H,16,17). The third kappa shape index (κ3) is 3.28. The van der Waals surface area contributed by atoms with Crippen molar-refractivity contribution < 1.29 is 4.74 Å². The predicted octanol–water partition coefficient (Wildman–Crippen LogP) is 4.01. The summed E-state index contributed by atoms with van der Waals surface area (Å²) in [6.45, 7) is 0.601.